The van der Waals surface area contributed by atoms with E-state index in [2.05, 4.69) is 4.74 Å². The SMILES string of the molecule is CC(=O)OC1(C(=O)O)COCCO1. The Kier molecular flexibility index (Phi) is 2.84. The molecule has 0 saturated carbocycles. The Bertz CT molecular complexity index is 217. The molecule has 0 bridgehead atoms. The fourth-order valence-corrected chi connectivity index (χ4v) is 0.972. The lowest BCUT2D eigenvalue weighted by Gasteiger charge is -2.31. The molecule has 1 fully saturated rings. The molecule has 0 aromatic rings. The number of carbonyl (C=O) groups excluding carboxylic acids is 1. The normalized spacial score (nSPS) is 28.1. The van der Waals surface area contributed by atoms with Crippen LogP contribution in [0.5, 0.6) is 0 Å². The summed E-state index contributed by atoms with van der Waals surface area (Å²) in [5, 5.41) is 8.76. The number of carbonyl (C=O) groups is 2. The first-order valence-electron chi connectivity index (χ1n) is 3.71. The van der Waals surface area contributed by atoms with E-state index < -0.39 is 17.7 Å². The quantitative estimate of drug-likeness (QED) is 0.584. The summed E-state index contributed by atoms with van der Waals surface area (Å²) in [5.74, 6) is -4.03. The van der Waals surface area contributed by atoms with Gasteiger partial charge in [-0.3, -0.25) is 4.79 Å². The van der Waals surface area contributed by atoms with Crippen LogP contribution in [0.2, 0.25) is 0 Å². The molecule has 1 aliphatic rings. The van der Waals surface area contributed by atoms with E-state index >= 15 is 0 Å². The van der Waals surface area contributed by atoms with Gasteiger partial charge >= 0.3 is 17.7 Å². The minimum absolute atomic E-state index is 0.0968. The fraction of sp³-hybridized carbons (Fsp3) is 0.714. The number of ether oxygens (including phenoxy) is 3. The molecular formula is C7H10O6. The van der Waals surface area contributed by atoms with Crippen LogP contribution >= 0.6 is 0 Å². The highest BCUT2D eigenvalue weighted by Gasteiger charge is 2.46. The molecule has 0 aromatic carbocycles. The standard InChI is InChI=1S/C7H10O6/c1-5(8)13-7(6(9)10)4-11-2-3-12-7/h2-4H2,1H3,(H,9,10). The van der Waals surface area contributed by atoms with Crippen molar-refractivity contribution in [2.75, 3.05) is 19.8 Å². The summed E-state index contributed by atoms with van der Waals surface area (Å²) in [6, 6.07) is 0. The number of rotatable bonds is 2. The molecule has 1 aliphatic heterocycles. The van der Waals surface area contributed by atoms with Crippen molar-refractivity contribution in [1.29, 1.82) is 0 Å². The van der Waals surface area contributed by atoms with Crippen LogP contribution in [0.4, 0.5) is 0 Å². The van der Waals surface area contributed by atoms with E-state index in [-0.39, 0.29) is 13.2 Å². The first kappa shape index (κ1) is 9.94. The highest BCUT2D eigenvalue weighted by atomic mass is 16.8. The van der Waals surface area contributed by atoms with Gasteiger partial charge in [0, 0.05) is 6.92 Å². The van der Waals surface area contributed by atoms with E-state index in [4.69, 9.17) is 14.6 Å². The second-order valence-electron chi connectivity index (χ2n) is 2.55. The smallest absolute Gasteiger partial charge is 0.380 e. The van der Waals surface area contributed by atoms with Gasteiger partial charge in [-0.2, -0.15) is 0 Å². The molecule has 6 heteroatoms. The van der Waals surface area contributed by atoms with Crippen molar-refractivity contribution in [2.45, 2.75) is 12.7 Å². The summed E-state index contributed by atoms with van der Waals surface area (Å²) in [5.41, 5.74) is 0. The molecule has 1 N–H and O–H groups in total. The van der Waals surface area contributed by atoms with E-state index in [9.17, 15) is 9.59 Å². The van der Waals surface area contributed by atoms with Crippen LogP contribution in [0, 0.1) is 0 Å². The Balaban J connectivity index is 2.73. The summed E-state index contributed by atoms with van der Waals surface area (Å²) in [6.45, 7) is 1.24. The van der Waals surface area contributed by atoms with Crippen LogP contribution in [0.25, 0.3) is 0 Å². The Hall–Kier alpha value is -1.14. The predicted octanol–water partition coefficient (Wildman–Crippen LogP) is -0.623. The topological polar surface area (TPSA) is 82.1 Å². The van der Waals surface area contributed by atoms with E-state index in [1.807, 2.05) is 0 Å². The van der Waals surface area contributed by atoms with E-state index in [1.165, 1.54) is 0 Å². The number of carboxylic acids is 1. The third-order valence-electron chi connectivity index (χ3n) is 1.49. The summed E-state index contributed by atoms with van der Waals surface area (Å²) < 4.78 is 14.3. The van der Waals surface area contributed by atoms with Crippen molar-refractivity contribution in [3.63, 3.8) is 0 Å². The van der Waals surface area contributed by atoms with Gasteiger partial charge in [-0.1, -0.05) is 0 Å². The molecule has 1 atom stereocenters. The third kappa shape index (κ3) is 2.16. The van der Waals surface area contributed by atoms with Crippen molar-refractivity contribution in [3.05, 3.63) is 0 Å². The first-order valence-corrected chi connectivity index (χ1v) is 3.71. The number of hydrogen-bond acceptors (Lipinski definition) is 5. The van der Waals surface area contributed by atoms with Gasteiger partial charge in [0.1, 0.15) is 6.61 Å². The number of hydrogen-bond donors (Lipinski definition) is 1. The average Bonchev–Trinajstić information content (AvgIpc) is 2.04. The lowest BCUT2D eigenvalue weighted by molar-refractivity contribution is -0.276. The zero-order valence-electron chi connectivity index (χ0n) is 7.11. The summed E-state index contributed by atoms with van der Waals surface area (Å²) >= 11 is 0. The zero-order valence-corrected chi connectivity index (χ0v) is 7.11. The van der Waals surface area contributed by atoms with Crippen LogP contribution in [0.3, 0.4) is 0 Å². The first-order chi connectivity index (χ1) is 6.07. The molecule has 0 radical (unpaired) electrons. The van der Waals surface area contributed by atoms with Crippen molar-refractivity contribution in [3.8, 4) is 0 Å². The summed E-state index contributed by atoms with van der Waals surface area (Å²) in [4.78, 5) is 21.3. The summed E-state index contributed by atoms with van der Waals surface area (Å²) in [7, 11) is 0. The lowest BCUT2D eigenvalue weighted by Crippen LogP contribution is -2.52. The van der Waals surface area contributed by atoms with Gasteiger partial charge in [0.2, 0.25) is 0 Å². The summed E-state index contributed by atoms with van der Waals surface area (Å²) in [6.07, 6.45) is 0. The minimum atomic E-state index is -1.95. The van der Waals surface area contributed by atoms with Crippen LogP contribution in [-0.4, -0.2) is 42.7 Å². The van der Waals surface area contributed by atoms with Gasteiger partial charge in [-0.05, 0) is 0 Å². The second kappa shape index (κ2) is 3.71. The molecule has 1 rings (SSSR count). The van der Waals surface area contributed by atoms with Crippen molar-refractivity contribution in [2.24, 2.45) is 0 Å². The van der Waals surface area contributed by atoms with Gasteiger partial charge in [-0.15, -0.1) is 0 Å². The van der Waals surface area contributed by atoms with Crippen molar-refractivity contribution < 1.29 is 28.9 Å². The molecule has 1 unspecified atom stereocenters. The molecule has 0 aromatic heterocycles. The maximum atomic E-state index is 10.7. The van der Waals surface area contributed by atoms with Gasteiger partial charge in [0.25, 0.3) is 0 Å². The molecule has 13 heavy (non-hydrogen) atoms. The van der Waals surface area contributed by atoms with Gasteiger partial charge < -0.3 is 19.3 Å². The van der Waals surface area contributed by atoms with Crippen LogP contribution < -0.4 is 0 Å². The Morgan fingerprint density at radius 3 is 2.54 bits per heavy atom. The zero-order chi connectivity index (χ0) is 9.90. The van der Waals surface area contributed by atoms with Crippen molar-refractivity contribution >= 4 is 11.9 Å². The van der Waals surface area contributed by atoms with Gasteiger partial charge in [0.05, 0.1) is 13.2 Å². The molecule has 1 heterocycles. The molecule has 0 spiro atoms. The Labute approximate surface area is 74.4 Å². The highest BCUT2D eigenvalue weighted by Crippen LogP contribution is 2.18. The maximum absolute atomic E-state index is 10.7. The van der Waals surface area contributed by atoms with E-state index in [0.29, 0.717) is 6.61 Å². The fourth-order valence-electron chi connectivity index (χ4n) is 0.972. The predicted molar refractivity (Wildman–Crippen MR) is 38.9 cm³/mol. The van der Waals surface area contributed by atoms with Gasteiger partial charge in [0.15, 0.2) is 0 Å². The van der Waals surface area contributed by atoms with E-state index in [0.717, 1.165) is 6.92 Å². The van der Waals surface area contributed by atoms with Gasteiger partial charge in [-0.25, -0.2) is 4.79 Å². The monoisotopic (exact) mass is 190 g/mol. The minimum Gasteiger partial charge on any atom is -0.476 e. The Morgan fingerprint density at radius 2 is 2.15 bits per heavy atom. The lowest BCUT2D eigenvalue weighted by atomic mass is 10.3. The van der Waals surface area contributed by atoms with E-state index in [1.54, 1.807) is 0 Å². The average molecular weight is 190 g/mol. The number of aliphatic carboxylic acids is 1. The van der Waals surface area contributed by atoms with Crippen LogP contribution in [0.15, 0.2) is 0 Å². The molecule has 6 nitrogen and oxygen atoms in total. The molecule has 0 amide bonds. The number of carboxylic acid groups (broad SMARTS) is 1. The van der Waals surface area contributed by atoms with Crippen LogP contribution in [0.1, 0.15) is 6.92 Å². The Morgan fingerprint density at radius 1 is 1.46 bits per heavy atom. The van der Waals surface area contributed by atoms with Crippen LogP contribution in [-0.2, 0) is 23.8 Å². The molecular weight excluding hydrogens is 180 g/mol. The molecule has 0 aliphatic carbocycles. The maximum Gasteiger partial charge on any atom is 0.380 e. The largest absolute Gasteiger partial charge is 0.476 e. The third-order valence-corrected chi connectivity index (χ3v) is 1.49. The number of esters is 1. The molecule has 1 saturated heterocycles. The second-order valence-corrected chi connectivity index (χ2v) is 2.55. The molecule has 74 valence electrons. The van der Waals surface area contributed by atoms with Crippen molar-refractivity contribution in [1.82, 2.24) is 0 Å². The highest BCUT2D eigenvalue weighted by molar-refractivity contribution is 5.80.